The minimum atomic E-state index is -0.194. The van der Waals surface area contributed by atoms with Crippen LogP contribution >= 0.6 is 0 Å². The lowest BCUT2D eigenvalue weighted by Crippen LogP contribution is -2.08. The summed E-state index contributed by atoms with van der Waals surface area (Å²) < 4.78 is 15.5. The number of hydrogen-bond acceptors (Lipinski definition) is 2. The first-order valence-electron chi connectivity index (χ1n) is 6.18. The van der Waals surface area contributed by atoms with Crippen molar-refractivity contribution in [3.8, 4) is 5.69 Å². The van der Waals surface area contributed by atoms with Crippen molar-refractivity contribution in [1.29, 1.82) is 0 Å². The summed E-state index contributed by atoms with van der Waals surface area (Å²) >= 11 is 0. The molecule has 96 valence electrons. The highest BCUT2D eigenvalue weighted by atomic mass is 19.1. The molecule has 1 aromatic carbocycles. The quantitative estimate of drug-likeness (QED) is 0.896. The zero-order valence-corrected chi connectivity index (χ0v) is 11.0. The van der Waals surface area contributed by atoms with Crippen molar-refractivity contribution < 1.29 is 4.39 Å². The summed E-state index contributed by atoms with van der Waals surface area (Å²) in [6, 6.07) is 5.09. The number of nitrogens with one attached hydrogen (secondary N) is 1. The molecule has 0 unspecified atom stereocenters. The van der Waals surface area contributed by atoms with Gasteiger partial charge in [-0.05, 0) is 32.4 Å². The first-order valence-corrected chi connectivity index (χ1v) is 6.18. The van der Waals surface area contributed by atoms with Gasteiger partial charge < -0.3 is 5.32 Å². The molecular weight excluding hydrogens is 229 g/mol. The molecule has 2 rings (SSSR count). The Morgan fingerprint density at radius 2 is 2.11 bits per heavy atom. The van der Waals surface area contributed by atoms with Crippen LogP contribution in [0.1, 0.15) is 24.6 Å². The lowest BCUT2D eigenvalue weighted by Gasteiger charge is -2.11. The van der Waals surface area contributed by atoms with Crippen molar-refractivity contribution in [1.82, 2.24) is 9.55 Å². The largest absolute Gasteiger partial charge is 0.355 e. The average Bonchev–Trinajstić information content (AvgIpc) is 2.71. The van der Waals surface area contributed by atoms with E-state index in [0.717, 1.165) is 30.3 Å². The van der Waals surface area contributed by atoms with E-state index in [-0.39, 0.29) is 5.82 Å². The lowest BCUT2D eigenvalue weighted by molar-refractivity contribution is 0.617. The van der Waals surface area contributed by atoms with E-state index in [0.29, 0.717) is 5.56 Å². The molecule has 1 aromatic heterocycles. The summed E-state index contributed by atoms with van der Waals surface area (Å²) in [6.45, 7) is 6.66. The fourth-order valence-electron chi connectivity index (χ4n) is 1.90. The van der Waals surface area contributed by atoms with Crippen molar-refractivity contribution in [3.05, 3.63) is 41.5 Å². The highest BCUT2D eigenvalue weighted by molar-refractivity contribution is 5.48. The Kier molecular flexibility index (Phi) is 3.65. The van der Waals surface area contributed by atoms with E-state index >= 15 is 0 Å². The molecule has 0 aliphatic carbocycles. The van der Waals surface area contributed by atoms with Crippen molar-refractivity contribution >= 4 is 5.95 Å². The summed E-state index contributed by atoms with van der Waals surface area (Å²) in [5.41, 5.74) is 2.38. The maximum Gasteiger partial charge on any atom is 0.207 e. The number of imidazole rings is 1. The molecule has 0 aliphatic rings. The van der Waals surface area contributed by atoms with Gasteiger partial charge in [0.25, 0.3) is 0 Å². The van der Waals surface area contributed by atoms with Gasteiger partial charge in [0.2, 0.25) is 5.95 Å². The molecule has 0 bridgehead atoms. The highest BCUT2D eigenvalue weighted by Gasteiger charge is 2.11. The zero-order valence-electron chi connectivity index (χ0n) is 11.0. The van der Waals surface area contributed by atoms with Crippen LogP contribution in [0.5, 0.6) is 0 Å². The second kappa shape index (κ2) is 5.21. The summed E-state index contributed by atoms with van der Waals surface area (Å²) in [4.78, 5) is 4.42. The number of benzene rings is 1. The van der Waals surface area contributed by atoms with Gasteiger partial charge in [-0.2, -0.15) is 0 Å². The number of halogens is 1. The first-order chi connectivity index (χ1) is 8.63. The molecule has 0 saturated carbocycles. The Morgan fingerprint density at radius 3 is 2.83 bits per heavy atom. The fourth-order valence-corrected chi connectivity index (χ4v) is 1.90. The van der Waals surface area contributed by atoms with Crippen LogP contribution in [0.2, 0.25) is 0 Å². The van der Waals surface area contributed by atoms with Crippen LogP contribution in [0.4, 0.5) is 10.3 Å². The summed E-state index contributed by atoms with van der Waals surface area (Å²) in [7, 11) is 0. The molecule has 0 saturated heterocycles. The molecule has 0 atom stereocenters. The van der Waals surface area contributed by atoms with Gasteiger partial charge in [0.15, 0.2) is 0 Å². The van der Waals surface area contributed by atoms with Gasteiger partial charge in [0, 0.05) is 18.3 Å². The van der Waals surface area contributed by atoms with Crippen LogP contribution in [0.15, 0.2) is 24.4 Å². The number of rotatable bonds is 4. The molecule has 18 heavy (non-hydrogen) atoms. The van der Waals surface area contributed by atoms with Gasteiger partial charge >= 0.3 is 0 Å². The van der Waals surface area contributed by atoms with E-state index in [1.54, 1.807) is 13.0 Å². The van der Waals surface area contributed by atoms with E-state index in [1.807, 2.05) is 23.8 Å². The number of aromatic nitrogens is 2. The SMILES string of the molecule is CCCNc1nc(C)cn1-c1cccc(F)c1C. The standard InChI is InChI=1S/C14H18FN3/c1-4-8-16-14-17-10(2)9-18(14)13-7-5-6-12(15)11(13)3/h5-7,9H,4,8H2,1-3H3,(H,16,17). The molecule has 0 spiro atoms. The van der Waals surface area contributed by atoms with E-state index in [9.17, 15) is 4.39 Å². The summed E-state index contributed by atoms with van der Waals surface area (Å²) in [6.07, 6.45) is 2.94. The third-order valence-electron chi connectivity index (χ3n) is 2.86. The molecule has 2 aromatic rings. The molecule has 1 heterocycles. The highest BCUT2D eigenvalue weighted by Crippen LogP contribution is 2.21. The molecule has 0 aliphatic heterocycles. The Balaban J connectivity index is 2.46. The second-order valence-corrected chi connectivity index (χ2v) is 4.39. The molecule has 0 amide bonds. The molecule has 4 heteroatoms. The Hall–Kier alpha value is -1.84. The lowest BCUT2D eigenvalue weighted by atomic mass is 10.2. The Bertz CT molecular complexity index is 546. The number of anilines is 1. The van der Waals surface area contributed by atoms with Crippen molar-refractivity contribution in [2.24, 2.45) is 0 Å². The normalized spacial score (nSPS) is 10.7. The monoisotopic (exact) mass is 247 g/mol. The average molecular weight is 247 g/mol. The van der Waals surface area contributed by atoms with Crippen LogP contribution in [-0.4, -0.2) is 16.1 Å². The molecule has 0 radical (unpaired) electrons. The van der Waals surface area contributed by atoms with Crippen molar-refractivity contribution in [3.63, 3.8) is 0 Å². The van der Waals surface area contributed by atoms with Crippen LogP contribution < -0.4 is 5.32 Å². The van der Waals surface area contributed by atoms with E-state index < -0.39 is 0 Å². The second-order valence-electron chi connectivity index (χ2n) is 4.39. The Labute approximate surface area is 107 Å². The first kappa shape index (κ1) is 12.6. The van der Waals surface area contributed by atoms with Gasteiger partial charge in [-0.1, -0.05) is 13.0 Å². The van der Waals surface area contributed by atoms with E-state index in [4.69, 9.17) is 0 Å². The minimum Gasteiger partial charge on any atom is -0.355 e. The fraction of sp³-hybridized carbons (Fsp3) is 0.357. The van der Waals surface area contributed by atoms with Crippen LogP contribution in [0.3, 0.4) is 0 Å². The predicted molar refractivity (Wildman–Crippen MR) is 71.8 cm³/mol. The smallest absolute Gasteiger partial charge is 0.207 e. The maximum atomic E-state index is 13.6. The Morgan fingerprint density at radius 1 is 1.33 bits per heavy atom. The zero-order chi connectivity index (χ0) is 13.1. The minimum absolute atomic E-state index is 0.194. The molecular formula is C14H18FN3. The molecule has 3 nitrogen and oxygen atoms in total. The van der Waals surface area contributed by atoms with E-state index in [1.165, 1.54) is 6.07 Å². The van der Waals surface area contributed by atoms with Gasteiger partial charge in [-0.25, -0.2) is 9.37 Å². The van der Waals surface area contributed by atoms with Gasteiger partial charge in [0.05, 0.1) is 11.4 Å². The topological polar surface area (TPSA) is 29.9 Å². The van der Waals surface area contributed by atoms with Gasteiger partial charge in [-0.3, -0.25) is 4.57 Å². The van der Waals surface area contributed by atoms with Crippen molar-refractivity contribution in [2.75, 3.05) is 11.9 Å². The number of hydrogen-bond donors (Lipinski definition) is 1. The summed E-state index contributed by atoms with van der Waals surface area (Å²) in [5, 5.41) is 3.26. The number of nitrogens with zero attached hydrogens (tertiary/aromatic N) is 2. The van der Waals surface area contributed by atoms with Gasteiger partial charge in [-0.15, -0.1) is 0 Å². The molecule has 1 N–H and O–H groups in total. The predicted octanol–water partition coefficient (Wildman–Crippen LogP) is 3.45. The van der Waals surface area contributed by atoms with Crippen LogP contribution in [0, 0.1) is 19.7 Å². The van der Waals surface area contributed by atoms with Gasteiger partial charge in [0.1, 0.15) is 5.82 Å². The molecule has 0 fully saturated rings. The van der Waals surface area contributed by atoms with Crippen LogP contribution in [0.25, 0.3) is 5.69 Å². The third-order valence-corrected chi connectivity index (χ3v) is 2.86. The van der Waals surface area contributed by atoms with Crippen LogP contribution in [-0.2, 0) is 0 Å². The van der Waals surface area contributed by atoms with Crippen molar-refractivity contribution in [2.45, 2.75) is 27.2 Å². The summed E-state index contributed by atoms with van der Waals surface area (Å²) in [5.74, 6) is 0.573. The van der Waals surface area contributed by atoms with E-state index in [2.05, 4.69) is 17.2 Å². The third kappa shape index (κ3) is 2.37. The maximum absolute atomic E-state index is 13.6. The number of aryl methyl sites for hydroxylation is 1.